The molecule has 0 N–H and O–H groups in total. The van der Waals surface area contributed by atoms with Gasteiger partial charge in [-0.3, -0.25) is 0 Å². The third-order valence-corrected chi connectivity index (χ3v) is 2.68. The zero-order chi connectivity index (χ0) is 12.3. The number of hydrogen-bond donors (Lipinski definition) is 0. The lowest BCUT2D eigenvalue weighted by molar-refractivity contribution is 0.0593. The molecule has 0 amide bonds. The van der Waals surface area contributed by atoms with Crippen LogP contribution in [0.25, 0.3) is 0 Å². The highest BCUT2D eigenvalue weighted by atomic mass is 35.5. The molecule has 0 unspecified atom stereocenters. The van der Waals surface area contributed by atoms with Crippen LogP contribution in [0.3, 0.4) is 0 Å². The molecule has 0 aliphatic heterocycles. The van der Waals surface area contributed by atoms with Crippen LogP contribution in [0.1, 0.15) is 31.3 Å². The van der Waals surface area contributed by atoms with Gasteiger partial charge in [-0.2, -0.15) is 0 Å². The first-order valence-corrected chi connectivity index (χ1v) is 5.83. The van der Waals surface area contributed by atoms with Crippen LogP contribution >= 0.6 is 23.4 Å². The van der Waals surface area contributed by atoms with Crippen molar-refractivity contribution in [2.24, 2.45) is 0 Å². The summed E-state index contributed by atoms with van der Waals surface area (Å²) < 4.78 is 4.57. The van der Waals surface area contributed by atoms with Gasteiger partial charge >= 0.3 is 5.97 Å². The number of carbonyl (C=O) groups is 1. The molecule has 0 bridgehead atoms. The maximum absolute atomic E-state index is 11.3. The lowest BCUT2D eigenvalue weighted by atomic mass is 10.3. The van der Waals surface area contributed by atoms with E-state index < -0.39 is 5.97 Å². The highest BCUT2D eigenvalue weighted by Crippen LogP contribution is 2.31. The number of methoxy groups -OCH3 is 1. The molecule has 4 nitrogen and oxygen atoms in total. The summed E-state index contributed by atoms with van der Waals surface area (Å²) in [6.45, 7) is 6.14. The first-order valence-electron chi connectivity index (χ1n) is 4.64. The summed E-state index contributed by atoms with van der Waals surface area (Å²) in [5.41, 5.74) is 0.175. The molecule has 1 heterocycles. The van der Waals surface area contributed by atoms with Crippen LogP contribution in [0.2, 0.25) is 5.28 Å². The van der Waals surface area contributed by atoms with E-state index in [1.807, 2.05) is 20.8 Å². The van der Waals surface area contributed by atoms with Crippen molar-refractivity contribution in [3.8, 4) is 0 Å². The maximum Gasteiger partial charge on any atom is 0.356 e. The van der Waals surface area contributed by atoms with E-state index in [0.717, 1.165) is 0 Å². The molecule has 0 aliphatic carbocycles. The second kappa shape index (κ2) is 5.01. The molecular formula is C10H13ClN2O2S. The van der Waals surface area contributed by atoms with Crippen molar-refractivity contribution in [3.63, 3.8) is 0 Å². The van der Waals surface area contributed by atoms with Gasteiger partial charge in [0.05, 0.1) is 7.11 Å². The minimum atomic E-state index is -0.514. The van der Waals surface area contributed by atoms with Gasteiger partial charge in [0.15, 0.2) is 5.69 Å². The predicted octanol–water partition coefficient (Wildman–Crippen LogP) is 2.81. The third kappa shape index (κ3) is 3.98. The molecule has 0 spiro atoms. The quantitative estimate of drug-likeness (QED) is 0.354. The van der Waals surface area contributed by atoms with Gasteiger partial charge in [0.2, 0.25) is 5.28 Å². The normalized spacial score (nSPS) is 11.3. The second-order valence-electron chi connectivity index (χ2n) is 4.07. The van der Waals surface area contributed by atoms with Gasteiger partial charge in [0.25, 0.3) is 0 Å². The third-order valence-electron chi connectivity index (χ3n) is 1.48. The molecule has 0 aromatic carbocycles. The maximum atomic E-state index is 11.3. The van der Waals surface area contributed by atoms with Gasteiger partial charge in [-0.1, -0.05) is 20.8 Å². The summed E-state index contributed by atoms with van der Waals surface area (Å²) in [4.78, 5) is 19.1. The molecule has 1 aromatic rings. The van der Waals surface area contributed by atoms with Gasteiger partial charge in [-0.05, 0) is 11.6 Å². The van der Waals surface area contributed by atoms with Crippen LogP contribution in [0.4, 0.5) is 0 Å². The summed E-state index contributed by atoms with van der Waals surface area (Å²) in [5, 5.41) is 0.711. The van der Waals surface area contributed by atoms with E-state index in [4.69, 9.17) is 11.6 Å². The molecule has 1 rings (SSSR count). The van der Waals surface area contributed by atoms with E-state index in [1.165, 1.54) is 18.9 Å². The van der Waals surface area contributed by atoms with Crippen LogP contribution in [0, 0.1) is 0 Å². The highest BCUT2D eigenvalue weighted by Gasteiger charge is 2.17. The molecule has 16 heavy (non-hydrogen) atoms. The highest BCUT2D eigenvalue weighted by molar-refractivity contribution is 8.00. The molecule has 0 atom stereocenters. The Balaban J connectivity index is 3.03. The van der Waals surface area contributed by atoms with Crippen LogP contribution < -0.4 is 0 Å². The molecule has 88 valence electrons. The zero-order valence-corrected chi connectivity index (χ0v) is 11.1. The van der Waals surface area contributed by atoms with Crippen molar-refractivity contribution < 1.29 is 9.53 Å². The van der Waals surface area contributed by atoms with Crippen LogP contribution in [-0.4, -0.2) is 27.8 Å². The molecule has 0 saturated carbocycles. The largest absolute Gasteiger partial charge is 0.464 e. The Morgan fingerprint density at radius 3 is 2.56 bits per heavy atom. The number of thioether (sulfide) groups is 1. The van der Waals surface area contributed by atoms with Crippen LogP contribution in [0.5, 0.6) is 0 Å². The topological polar surface area (TPSA) is 52.1 Å². The van der Waals surface area contributed by atoms with Crippen molar-refractivity contribution in [1.82, 2.24) is 9.97 Å². The number of hydrogen-bond acceptors (Lipinski definition) is 5. The number of rotatable bonds is 2. The smallest absolute Gasteiger partial charge is 0.356 e. The zero-order valence-electron chi connectivity index (χ0n) is 9.57. The Morgan fingerprint density at radius 1 is 1.44 bits per heavy atom. The Morgan fingerprint density at radius 2 is 2.06 bits per heavy atom. The summed E-state index contributed by atoms with van der Waals surface area (Å²) in [6, 6.07) is 1.58. The van der Waals surface area contributed by atoms with Crippen molar-refractivity contribution in [2.45, 2.75) is 30.5 Å². The number of aromatic nitrogens is 2. The van der Waals surface area contributed by atoms with E-state index >= 15 is 0 Å². The fraction of sp³-hybridized carbons (Fsp3) is 0.500. The molecule has 0 aliphatic rings. The van der Waals surface area contributed by atoms with Gasteiger partial charge in [0.1, 0.15) is 5.03 Å². The number of nitrogens with zero attached hydrogens (tertiary/aromatic N) is 2. The average molecular weight is 261 g/mol. The van der Waals surface area contributed by atoms with Crippen molar-refractivity contribution in [2.75, 3.05) is 7.11 Å². The molecule has 0 radical (unpaired) electrons. The number of carbonyl (C=O) groups excluding carboxylic acids is 1. The lowest BCUT2D eigenvalue weighted by Crippen LogP contribution is -2.10. The molecule has 6 heteroatoms. The summed E-state index contributed by atoms with van der Waals surface area (Å²) in [7, 11) is 1.30. The summed E-state index contributed by atoms with van der Waals surface area (Å²) in [6.07, 6.45) is 0. The second-order valence-corrected chi connectivity index (χ2v) is 6.25. The first-order chi connectivity index (χ1) is 7.31. The van der Waals surface area contributed by atoms with Gasteiger partial charge < -0.3 is 4.74 Å². The molecule has 0 saturated heterocycles. The van der Waals surface area contributed by atoms with Crippen LogP contribution in [-0.2, 0) is 4.74 Å². The standard InChI is InChI=1S/C10H13ClN2O2S/c1-10(2,3)16-7-5-6(8(14)15-4)12-9(11)13-7/h5H,1-4H3. The summed E-state index contributed by atoms with van der Waals surface area (Å²) >= 11 is 7.25. The molecule has 0 fully saturated rings. The van der Waals surface area contributed by atoms with E-state index in [1.54, 1.807) is 6.07 Å². The monoisotopic (exact) mass is 260 g/mol. The van der Waals surface area contributed by atoms with Gasteiger partial charge in [-0.15, -0.1) is 11.8 Å². The molecular weight excluding hydrogens is 248 g/mol. The Labute approximate surface area is 104 Å². The lowest BCUT2D eigenvalue weighted by Gasteiger charge is -2.16. The van der Waals surface area contributed by atoms with Crippen molar-refractivity contribution >= 4 is 29.3 Å². The number of halogens is 1. The van der Waals surface area contributed by atoms with E-state index in [2.05, 4.69) is 14.7 Å². The minimum Gasteiger partial charge on any atom is -0.464 e. The van der Waals surface area contributed by atoms with E-state index in [0.29, 0.717) is 5.03 Å². The summed E-state index contributed by atoms with van der Waals surface area (Å²) in [5.74, 6) is -0.514. The van der Waals surface area contributed by atoms with Gasteiger partial charge in [-0.25, -0.2) is 14.8 Å². The SMILES string of the molecule is COC(=O)c1cc(SC(C)(C)C)nc(Cl)n1. The minimum absolute atomic E-state index is 0.00886. The van der Waals surface area contributed by atoms with Gasteiger partial charge in [0, 0.05) is 10.8 Å². The average Bonchev–Trinajstić information content (AvgIpc) is 2.12. The van der Waals surface area contributed by atoms with E-state index in [9.17, 15) is 4.79 Å². The fourth-order valence-electron chi connectivity index (χ4n) is 0.972. The predicted molar refractivity (Wildman–Crippen MR) is 64.0 cm³/mol. The molecule has 1 aromatic heterocycles. The first kappa shape index (κ1) is 13.3. The van der Waals surface area contributed by atoms with Crippen molar-refractivity contribution in [3.05, 3.63) is 17.0 Å². The number of esters is 1. The number of ether oxygens (including phenoxy) is 1. The van der Waals surface area contributed by atoms with Crippen LogP contribution in [0.15, 0.2) is 11.1 Å². The fourth-order valence-corrected chi connectivity index (χ4v) is 2.13. The van der Waals surface area contributed by atoms with Crippen molar-refractivity contribution in [1.29, 1.82) is 0 Å². The Kier molecular flexibility index (Phi) is 4.15. The Bertz CT molecular complexity index is 404. The van der Waals surface area contributed by atoms with E-state index in [-0.39, 0.29) is 15.7 Å². The Hall–Kier alpha value is -0.810.